The number of piperidine rings is 1. The van der Waals surface area contributed by atoms with Gasteiger partial charge in [-0.1, -0.05) is 95.1 Å². The van der Waals surface area contributed by atoms with Gasteiger partial charge in [-0.25, -0.2) is 4.68 Å². The molecule has 0 saturated carbocycles. The molecule has 1 aliphatic heterocycles. The highest BCUT2D eigenvalue weighted by atomic mass is 28.3. The monoisotopic (exact) mass is 797 g/mol. The molecule has 1 atom stereocenters. The SMILES string of the molecule is CN(C(=O)CN1CCCCC1=O)c1ccc2cc(-c3nn(COCC[Si](C)(C)C)c4c3CCC(C)(COCc3ccccc3)C4)n(CCCC[Si](C)(C)C)c2c1. The number of aryl methyl sites for hydroxylation is 1. The first kappa shape index (κ1) is 42.1. The normalized spacial score (nSPS) is 17.8. The van der Waals surface area contributed by atoms with Gasteiger partial charge in [0.05, 0.1) is 24.4 Å². The largest absolute Gasteiger partial charge is 0.376 e. The first-order valence-electron chi connectivity index (χ1n) is 21.1. The van der Waals surface area contributed by atoms with Gasteiger partial charge in [0.25, 0.3) is 0 Å². The third kappa shape index (κ3) is 10.9. The Morgan fingerprint density at radius 1 is 0.929 bits per heavy atom. The molecule has 3 heterocycles. The van der Waals surface area contributed by atoms with E-state index in [1.807, 2.05) is 19.2 Å². The minimum Gasteiger partial charge on any atom is -0.376 e. The Kier molecular flexibility index (Phi) is 13.5. The number of amides is 2. The Morgan fingerprint density at radius 2 is 1.70 bits per heavy atom. The molecule has 0 radical (unpaired) electrons. The Hall–Kier alpha value is -3.52. The highest BCUT2D eigenvalue weighted by Gasteiger charge is 2.36. The number of carbonyl (C=O) groups is 2. The smallest absolute Gasteiger partial charge is 0.246 e. The van der Waals surface area contributed by atoms with Crippen LogP contribution >= 0.6 is 0 Å². The van der Waals surface area contributed by atoms with Crippen molar-refractivity contribution in [2.24, 2.45) is 5.41 Å². The fraction of sp³-hybridized carbons (Fsp3) is 0.578. The second-order valence-corrected chi connectivity index (χ2v) is 30.5. The lowest BCUT2D eigenvalue weighted by atomic mass is 9.75. The number of fused-ring (bicyclic) bond motifs is 2. The van der Waals surface area contributed by atoms with E-state index in [0.717, 1.165) is 85.7 Å². The van der Waals surface area contributed by atoms with Crippen LogP contribution in [0.3, 0.4) is 0 Å². The van der Waals surface area contributed by atoms with E-state index in [4.69, 9.17) is 14.6 Å². The van der Waals surface area contributed by atoms with Gasteiger partial charge in [0, 0.05) is 71.6 Å². The fourth-order valence-corrected chi connectivity index (χ4v) is 10.2. The number of rotatable bonds is 18. The van der Waals surface area contributed by atoms with Crippen molar-refractivity contribution in [2.45, 2.75) is 130 Å². The number of unbranched alkanes of at least 4 members (excludes halogenated alkanes) is 1. The molecule has 0 bridgehead atoms. The van der Waals surface area contributed by atoms with Crippen LogP contribution in [0, 0.1) is 5.41 Å². The predicted molar refractivity (Wildman–Crippen MR) is 235 cm³/mol. The fourth-order valence-electron chi connectivity index (χ4n) is 8.12. The maximum Gasteiger partial charge on any atom is 0.246 e. The van der Waals surface area contributed by atoms with Gasteiger partial charge in [0.15, 0.2) is 0 Å². The van der Waals surface area contributed by atoms with Gasteiger partial charge in [-0.3, -0.25) is 9.59 Å². The number of carbonyl (C=O) groups excluding carboxylic acids is 2. The molecule has 4 aromatic rings. The van der Waals surface area contributed by atoms with E-state index in [-0.39, 0.29) is 23.8 Å². The van der Waals surface area contributed by atoms with E-state index in [1.54, 1.807) is 9.80 Å². The number of hydrogen-bond donors (Lipinski definition) is 0. The lowest BCUT2D eigenvalue weighted by Crippen LogP contribution is -2.43. The molecule has 0 spiro atoms. The molecule has 56 heavy (non-hydrogen) atoms. The first-order chi connectivity index (χ1) is 26.6. The van der Waals surface area contributed by atoms with Crippen LogP contribution in [-0.2, 0) is 51.8 Å². The van der Waals surface area contributed by atoms with Crippen LogP contribution in [0.15, 0.2) is 54.6 Å². The summed E-state index contributed by atoms with van der Waals surface area (Å²) in [6.45, 7) is 21.0. The summed E-state index contributed by atoms with van der Waals surface area (Å²) in [6, 6.07) is 21.5. The first-order valence-corrected chi connectivity index (χ1v) is 28.5. The van der Waals surface area contributed by atoms with Crippen LogP contribution in [0.5, 0.6) is 0 Å². The Balaban J connectivity index is 1.32. The summed E-state index contributed by atoms with van der Waals surface area (Å²) in [5.74, 6) is 0.0142. The molecule has 1 unspecified atom stereocenters. The Labute approximate surface area is 337 Å². The molecule has 0 N–H and O–H groups in total. The number of hydrogen-bond acceptors (Lipinski definition) is 5. The maximum atomic E-state index is 13.5. The lowest BCUT2D eigenvalue weighted by molar-refractivity contribution is -0.137. The highest BCUT2D eigenvalue weighted by Crippen LogP contribution is 2.41. The second kappa shape index (κ2) is 18.0. The van der Waals surface area contributed by atoms with Crippen LogP contribution in [0.1, 0.15) is 62.3 Å². The van der Waals surface area contributed by atoms with Gasteiger partial charge in [-0.15, -0.1) is 0 Å². The minimum atomic E-state index is -1.24. The standard InChI is InChI=1S/C45H67N5O4Si2/c1-45(33-54-32-35-16-10-9-11-17-35)22-21-38-41(30-45)50(34-53-25-27-56(6,7)8)46-44(38)40-28-36-19-20-37(29-39(36)49(40)24-14-15-26-55(3,4)5)47(2)43(52)31-48-23-13-12-18-42(48)51/h9-11,16-17,19-20,28-29H,12-15,18,21-27,30-34H2,1-8H3. The van der Waals surface area contributed by atoms with Gasteiger partial charge in [-0.2, -0.15) is 5.10 Å². The number of likely N-dealkylation sites (tertiary alicyclic amines) is 1. The van der Waals surface area contributed by atoms with Crippen molar-refractivity contribution >= 4 is 44.6 Å². The molecule has 1 saturated heterocycles. The number of nitrogens with zero attached hydrogens (tertiary/aromatic N) is 5. The molecule has 2 aliphatic rings. The average molecular weight is 798 g/mol. The van der Waals surface area contributed by atoms with Crippen molar-refractivity contribution in [1.29, 1.82) is 0 Å². The van der Waals surface area contributed by atoms with Crippen LogP contribution in [0.4, 0.5) is 5.69 Å². The number of likely N-dealkylation sites (N-methyl/N-ethyl adjacent to an activating group) is 1. The quantitative estimate of drug-likeness (QED) is 0.0740. The van der Waals surface area contributed by atoms with E-state index in [2.05, 4.69) is 97.9 Å². The van der Waals surface area contributed by atoms with E-state index >= 15 is 0 Å². The summed E-state index contributed by atoms with van der Waals surface area (Å²) in [5.41, 5.74) is 7.92. The second-order valence-electron chi connectivity index (χ2n) is 19.3. The summed E-state index contributed by atoms with van der Waals surface area (Å²) in [6.07, 6.45) is 7.50. The van der Waals surface area contributed by atoms with Crippen molar-refractivity contribution in [3.05, 3.63) is 71.4 Å². The van der Waals surface area contributed by atoms with Crippen molar-refractivity contribution < 1.29 is 19.1 Å². The molecule has 304 valence electrons. The van der Waals surface area contributed by atoms with Crippen LogP contribution in [-0.4, -0.2) is 80.6 Å². The summed E-state index contributed by atoms with van der Waals surface area (Å²) in [5, 5.41) is 6.56. The number of ether oxygens (including phenoxy) is 2. The van der Waals surface area contributed by atoms with Gasteiger partial charge < -0.3 is 23.8 Å². The van der Waals surface area contributed by atoms with Crippen molar-refractivity contribution in [1.82, 2.24) is 19.2 Å². The number of anilines is 1. The molecular weight excluding hydrogens is 731 g/mol. The molecule has 11 heteroatoms. The molecule has 9 nitrogen and oxygen atoms in total. The predicted octanol–water partition coefficient (Wildman–Crippen LogP) is 9.62. The van der Waals surface area contributed by atoms with E-state index in [1.165, 1.54) is 29.3 Å². The summed E-state index contributed by atoms with van der Waals surface area (Å²) in [7, 11) is -0.583. The molecule has 2 aromatic carbocycles. The van der Waals surface area contributed by atoms with Crippen molar-refractivity contribution in [2.75, 3.05) is 38.3 Å². The molecule has 2 amide bonds. The molecule has 1 aliphatic carbocycles. The summed E-state index contributed by atoms with van der Waals surface area (Å²) < 4.78 is 17.4. The van der Waals surface area contributed by atoms with E-state index in [9.17, 15) is 9.59 Å². The highest BCUT2D eigenvalue weighted by molar-refractivity contribution is 6.76. The van der Waals surface area contributed by atoms with Crippen LogP contribution in [0.2, 0.25) is 51.4 Å². The minimum absolute atomic E-state index is 0.0104. The summed E-state index contributed by atoms with van der Waals surface area (Å²) >= 11 is 0. The zero-order chi connectivity index (χ0) is 40.1. The maximum absolute atomic E-state index is 13.5. The lowest BCUT2D eigenvalue weighted by Gasteiger charge is -2.34. The number of aromatic nitrogens is 3. The van der Waals surface area contributed by atoms with Gasteiger partial charge in [0.1, 0.15) is 19.0 Å². The Morgan fingerprint density at radius 3 is 2.43 bits per heavy atom. The zero-order valence-electron chi connectivity index (χ0n) is 35.6. The molecule has 2 aromatic heterocycles. The van der Waals surface area contributed by atoms with Gasteiger partial charge >= 0.3 is 0 Å². The molecule has 1 fully saturated rings. The third-order valence-corrected chi connectivity index (χ3v) is 15.3. The average Bonchev–Trinajstić information content (AvgIpc) is 3.68. The zero-order valence-corrected chi connectivity index (χ0v) is 37.6. The number of benzene rings is 2. The van der Waals surface area contributed by atoms with Gasteiger partial charge in [0.2, 0.25) is 11.8 Å². The summed E-state index contributed by atoms with van der Waals surface area (Å²) in [4.78, 5) is 29.5. The van der Waals surface area contributed by atoms with Crippen LogP contribution < -0.4 is 4.90 Å². The van der Waals surface area contributed by atoms with E-state index in [0.29, 0.717) is 32.9 Å². The van der Waals surface area contributed by atoms with Crippen molar-refractivity contribution in [3.8, 4) is 11.4 Å². The Bertz CT molecular complexity index is 1960. The van der Waals surface area contributed by atoms with Crippen LogP contribution in [0.25, 0.3) is 22.3 Å². The van der Waals surface area contributed by atoms with E-state index < -0.39 is 16.1 Å². The molecular formula is C45H67N5O4Si2. The van der Waals surface area contributed by atoms with Gasteiger partial charge in [-0.05, 0) is 73.7 Å². The topological polar surface area (TPSA) is 81.8 Å². The third-order valence-electron chi connectivity index (χ3n) is 11.7. The molecule has 6 rings (SSSR count). The van der Waals surface area contributed by atoms with Crippen molar-refractivity contribution in [3.63, 3.8) is 0 Å².